The fourth-order valence-corrected chi connectivity index (χ4v) is 2.28. The summed E-state index contributed by atoms with van der Waals surface area (Å²) in [6.07, 6.45) is 1.04. The molecule has 80 valence electrons. The van der Waals surface area contributed by atoms with Crippen molar-refractivity contribution in [1.29, 1.82) is 0 Å². The summed E-state index contributed by atoms with van der Waals surface area (Å²) >= 11 is 0. The molecule has 1 unspecified atom stereocenters. The molecular formula is C12H15NO2. The molecule has 2 aliphatic rings. The Balaban J connectivity index is 1.93. The van der Waals surface area contributed by atoms with Crippen LogP contribution >= 0.6 is 0 Å². The summed E-state index contributed by atoms with van der Waals surface area (Å²) in [6, 6.07) is 6.69. The Bertz CT molecular complexity index is 359. The number of nitrogens with one attached hydrogen (secondary N) is 1. The predicted molar refractivity (Wildman–Crippen MR) is 57.2 cm³/mol. The molecular weight excluding hydrogens is 190 g/mol. The molecule has 1 atom stereocenters. The SMILES string of the molecule is c1cc2c(c(C3COCCN3)c1)OCC2. The first kappa shape index (κ1) is 9.19. The highest BCUT2D eigenvalue weighted by atomic mass is 16.5. The van der Waals surface area contributed by atoms with Gasteiger partial charge in [0.15, 0.2) is 0 Å². The minimum Gasteiger partial charge on any atom is -0.493 e. The van der Waals surface area contributed by atoms with Crippen LogP contribution in [0.4, 0.5) is 0 Å². The van der Waals surface area contributed by atoms with Crippen LogP contribution in [0.15, 0.2) is 18.2 Å². The molecule has 1 saturated heterocycles. The quantitative estimate of drug-likeness (QED) is 0.749. The van der Waals surface area contributed by atoms with E-state index < -0.39 is 0 Å². The maximum atomic E-state index is 5.69. The average molecular weight is 205 g/mol. The molecule has 3 nitrogen and oxygen atoms in total. The lowest BCUT2D eigenvalue weighted by Gasteiger charge is -2.25. The zero-order chi connectivity index (χ0) is 10.1. The van der Waals surface area contributed by atoms with Crippen LogP contribution in [-0.2, 0) is 11.2 Å². The highest BCUT2D eigenvalue weighted by Gasteiger charge is 2.23. The molecule has 1 fully saturated rings. The van der Waals surface area contributed by atoms with Gasteiger partial charge >= 0.3 is 0 Å². The summed E-state index contributed by atoms with van der Waals surface area (Å²) in [7, 11) is 0. The molecule has 3 heteroatoms. The van der Waals surface area contributed by atoms with Gasteiger partial charge in [-0.15, -0.1) is 0 Å². The van der Waals surface area contributed by atoms with Crippen molar-refractivity contribution in [2.24, 2.45) is 0 Å². The predicted octanol–water partition coefficient (Wildman–Crippen LogP) is 1.28. The van der Waals surface area contributed by atoms with Crippen LogP contribution in [0, 0.1) is 0 Å². The molecule has 3 rings (SSSR count). The normalized spacial score (nSPS) is 24.7. The summed E-state index contributed by atoms with van der Waals surface area (Å²) in [5.41, 5.74) is 2.59. The van der Waals surface area contributed by atoms with Crippen LogP contribution < -0.4 is 10.1 Å². The van der Waals surface area contributed by atoms with Crippen LogP contribution in [0.25, 0.3) is 0 Å². The first-order valence-electron chi connectivity index (χ1n) is 5.51. The lowest BCUT2D eigenvalue weighted by molar-refractivity contribution is 0.0760. The van der Waals surface area contributed by atoms with Crippen molar-refractivity contribution < 1.29 is 9.47 Å². The van der Waals surface area contributed by atoms with E-state index in [1.54, 1.807) is 0 Å². The Hall–Kier alpha value is -1.06. The molecule has 0 spiro atoms. The van der Waals surface area contributed by atoms with E-state index in [1.807, 2.05) is 0 Å². The van der Waals surface area contributed by atoms with Gasteiger partial charge in [0.1, 0.15) is 5.75 Å². The molecule has 0 radical (unpaired) electrons. The highest BCUT2D eigenvalue weighted by molar-refractivity contribution is 5.45. The maximum Gasteiger partial charge on any atom is 0.127 e. The van der Waals surface area contributed by atoms with Gasteiger partial charge in [-0.25, -0.2) is 0 Å². The van der Waals surface area contributed by atoms with Crippen LogP contribution in [0.3, 0.4) is 0 Å². The van der Waals surface area contributed by atoms with Gasteiger partial charge in [0, 0.05) is 18.5 Å². The van der Waals surface area contributed by atoms with Crippen LogP contribution in [0.1, 0.15) is 17.2 Å². The van der Waals surface area contributed by atoms with Gasteiger partial charge in [0.2, 0.25) is 0 Å². The second kappa shape index (κ2) is 3.83. The van der Waals surface area contributed by atoms with E-state index in [-0.39, 0.29) is 0 Å². The lowest BCUT2D eigenvalue weighted by Crippen LogP contribution is -2.34. The Kier molecular flexibility index (Phi) is 2.35. The molecule has 1 aromatic rings. The third-order valence-corrected chi connectivity index (χ3v) is 3.04. The van der Waals surface area contributed by atoms with E-state index in [0.717, 1.165) is 38.5 Å². The number of hydrogen-bond donors (Lipinski definition) is 1. The second-order valence-corrected chi connectivity index (χ2v) is 4.02. The summed E-state index contributed by atoms with van der Waals surface area (Å²) in [4.78, 5) is 0. The van der Waals surface area contributed by atoms with E-state index in [1.165, 1.54) is 11.1 Å². The zero-order valence-corrected chi connectivity index (χ0v) is 8.66. The molecule has 15 heavy (non-hydrogen) atoms. The first-order valence-corrected chi connectivity index (χ1v) is 5.51. The number of benzene rings is 1. The topological polar surface area (TPSA) is 30.5 Å². The van der Waals surface area contributed by atoms with Gasteiger partial charge in [-0.05, 0) is 5.56 Å². The van der Waals surface area contributed by atoms with Crippen molar-refractivity contribution in [1.82, 2.24) is 5.32 Å². The fraction of sp³-hybridized carbons (Fsp3) is 0.500. The van der Waals surface area contributed by atoms with Gasteiger partial charge in [0.25, 0.3) is 0 Å². The maximum absolute atomic E-state index is 5.69. The Labute approximate surface area is 89.4 Å². The number of rotatable bonds is 1. The van der Waals surface area contributed by atoms with Crippen molar-refractivity contribution in [3.63, 3.8) is 0 Å². The fourth-order valence-electron chi connectivity index (χ4n) is 2.28. The number of fused-ring (bicyclic) bond motifs is 1. The molecule has 0 aliphatic carbocycles. The largest absolute Gasteiger partial charge is 0.493 e. The summed E-state index contributed by atoms with van der Waals surface area (Å²) < 4.78 is 11.2. The summed E-state index contributed by atoms with van der Waals surface area (Å²) in [6.45, 7) is 3.31. The first-order chi connectivity index (χ1) is 7.45. The zero-order valence-electron chi connectivity index (χ0n) is 8.66. The lowest BCUT2D eigenvalue weighted by atomic mass is 10.0. The van der Waals surface area contributed by atoms with Gasteiger partial charge < -0.3 is 14.8 Å². The molecule has 0 saturated carbocycles. The van der Waals surface area contributed by atoms with Gasteiger partial charge in [-0.1, -0.05) is 18.2 Å². The van der Waals surface area contributed by atoms with Gasteiger partial charge in [-0.3, -0.25) is 0 Å². The van der Waals surface area contributed by atoms with E-state index >= 15 is 0 Å². The number of morpholine rings is 1. The van der Waals surface area contributed by atoms with Crippen molar-refractivity contribution >= 4 is 0 Å². The van der Waals surface area contributed by atoms with Crippen molar-refractivity contribution in [3.05, 3.63) is 29.3 Å². The number of ether oxygens (including phenoxy) is 2. The van der Waals surface area contributed by atoms with Gasteiger partial charge in [-0.2, -0.15) is 0 Å². The van der Waals surface area contributed by atoms with Crippen molar-refractivity contribution in [3.8, 4) is 5.75 Å². The molecule has 2 aliphatic heterocycles. The Morgan fingerprint density at radius 3 is 3.13 bits per heavy atom. The molecule has 0 amide bonds. The Morgan fingerprint density at radius 1 is 1.27 bits per heavy atom. The summed E-state index contributed by atoms with van der Waals surface area (Å²) in [5.74, 6) is 1.08. The van der Waals surface area contributed by atoms with Crippen molar-refractivity contribution in [2.75, 3.05) is 26.4 Å². The average Bonchev–Trinajstić information content (AvgIpc) is 2.78. The van der Waals surface area contributed by atoms with E-state index in [2.05, 4.69) is 23.5 Å². The third-order valence-electron chi connectivity index (χ3n) is 3.04. The molecule has 1 aromatic carbocycles. The standard InChI is InChI=1S/C12H15NO2/c1-2-9-4-6-15-12(9)10(3-1)11-8-14-7-5-13-11/h1-3,11,13H,4-8H2. The minimum absolute atomic E-state index is 0.298. The molecule has 0 bridgehead atoms. The third kappa shape index (κ3) is 1.62. The van der Waals surface area contributed by atoms with Crippen LogP contribution in [0.2, 0.25) is 0 Å². The number of hydrogen-bond acceptors (Lipinski definition) is 3. The van der Waals surface area contributed by atoms with Crippen molar-refractivity contribution in [2.45, 2.75) is 12.5 Å². The Morgan fingerprint density at radius 2 is 2.27 bits per heavy atom. The van der Waals surface area contributed by atoms with Gasteiger partial charge in [0.05, 0.1) is 25.9 Å². The highest BCUT2D eigenvalue weighted by Crippen LogP contribution is 2.33. The minimum atomic E-state index is 0.298. The summed E-state index contributed by atoms with van der Waals surface area (Å²) in [5, 5.41) is 3.46. The number of para-hydroxylation sites is 1. The molecule has 1 N–H and O–H groups in total. The molecule has 2 heterocycles. The van der Waals surface area contributed by atoms with E-state index in [4.69, 9.17) is 9.47 Å². The molecule has 0 aromatic heterocycles. The van der Waals surface area contributed by atoms with E-state index in [9.17, 15) is 0 Å². The monoisotopic (exact) mass is 205 g/mol. The van der Waals surface area contributed by atoms with Crippen LogP contribution in [0.5, 0.6) is 5.75 Å². The smallest absolute Gasteiger partial charge is 0.127 e. The van der Waals surface area contributed by atoms with Crippen LogP contribution in [-0.4, -0.2) is 26.4 Å². The second-order valence-electron chi connectivity index (χ2n) is 4.02. The van der Waals surface area contributed by atoms with E-state index in [0.29, 0.717) is 6.04 Å².